The predicted octanol–water partition coefficient (Wildman–Crippen LogP) is 1.41. The van der Waals surface area contributed by atoms with Crippen molar-refractivity contribution in [3.05, 3.63) is 35.9 Å². The number of carbonyl (C=O) groups is 1. The van der Waals surface area contributed by atoms with Gasteiger partial charge in [-0.3, -0.25) is 9.69 Å². The molecule has 4 rings (SSSR count). The molecule has 28 heavy (non-hydrogen) atoms. The van der Waals surface area contributed by atoms with Gasteiger partial charge in [-0.25, -0.2) is 4.98 Å². The minimum absolute atomic E-state index is 0.140. The highest BCUT2D eigenvalue weighted by atomic mass is 16.5. The number of tetrazole rings is 1. The fourth-order valence-corrected chi connectivity index (χ4v) is 3.41. The number of nitrogens with zero attached hydrogens (tertiary/aromatic N) is 7. The lowest BCUT2D eigenvalue weighted by atomic mass is 10.2. The summed E-state index contributed by atoms with van der Waals surface area (Å²) in [6.45, 7) is 7.20. The number of morpholine rings is 1. The van der Waals surface area contributed by atoms with E-state index >= 15 is 0 Å². The molecule has 1 aliphatic heterocycles. The van der Waals surface area contributed by atoms with Crippen LogP contribution < -0.4 is 0 Å². The van der Waals surface area contributed by atoms with Crippen LogP contribution in [-0.4, -0.2) is 65.9 Å². The molecule has 0 spiro atoms. The van der Waals surface area contributed by atoms with Gasteiger partial charge in [0.05, 0.1) is 31.2 Å². The van der Waals surface area contributed by atoms with Gasteiger partial charge >= 0.3 is 0 Å². The number of ether oxygens (including phenoxy) is 1. The smallest absolute Gasteiger partial charge is 0.290 e. The summed E-state index contributed by atoms with van der Waals surface area (Å²) in [5.74, 6) is 1.73. The van der Waals surface area contributed by atoms with Gasteiger partial charge < -0.3 is 14.4 Å². The maximum atomic E-state index is 8.36. The molecular formula is C18H25N7O3. The Labute approximate surface area is 162 Å². The Balaban J connectivity index is 0.000000706. The standard InChI is InChI=1S/C17H23N7O.CH2O2/c1-12(2)24-14-7-5-4-6-13(14)18-16(24)11-23-8-9-25-15(10-23)17-19-21-22(3)20-17;2-1-3/h4-7,12,15H,8-11H2,1-3H3;1H,(H,2,3). The van der Waals surface area contributed by atoms with Crippen molar-refractivity contribution in [1.29, 1.82) is 0 Å². The van der Waals surface area contributed by atoms with E-state index in [1.54, 1.807) is 7.05 Å². The molecule has 1 aliphatic rings. The van der Waals surface area contributed by atoms with Crippen molar-refractivity contribution in [3.8, 4) is 0 Å². The number of imidazole rings is 1. The average Bonchev–Trinajstić information content (AvgIpc) is 3.26. The summed E-state index contributed by atoms with van der Waals surface area (Å²) in [6, 6.07) is 8.67. The minimum atomic E-state index is -0.250. The first-order valence-electron chi connectivity index (χ1n) is 9.15. The Hall–Kier alpha value is -2.85. The third kappa shape index (κ3) is 4.34. The largest absolute Gasteiger partial charge is 0.483 e. The molecule has 1 saturated heterocycles. The number of carboxylic acid groups (broad SMARTS) is 1. The third-order valence-corrected chi connectivity index (χ3v) is 4.51. The summed E-state index contributed by atoms with van der Waals surface area (Å²) in [4.78, 5) is 17.0. The van der Waals surface area contributed by atoms with Crippen LogP contribution in [0.2, 0.25) is 0 Å². The van der Waals surface area contributed by atoms with Crippen molar-refractivity contribution in [3.63, 3.8) is 0 Å². The maximum Gasteiger partial charge on any atom is 0.290 e. The lowest BCUT2D eigenvalue weighted by Crippen LogP contribution is -2.39. The van der Waals surface area contributed by atoms with Gasteiger partial charge in [0.15, 0.2) is 0 Å². The van der Waals surface area contributed by atoms with Crippen LogP contribution in [0.1, 0.15) is 37.6 Å². The number of rotatable bonds is 4. The Morgan fingerprint density at radius 3 is 2.79 bits per heavy atom. The van der Waals surface area contributed by atoms with E-state index in [0.29, 0.717) is 18.5 Å². The molecule has 0 saturated carbocycles. The van der Waals surface area contributed by atoms with Crippen LogP contribution in [0.25, 0.3) is 11.0 Å². The van der Waals surface area contributed by atoms with E-state index in [1.165, 1.54) is 10.3 Å². The molecule has 10 heteroatoms. The summed E-state index contributed by atoms with van der Waals surface area (Å²) in [5, 5.41) is 19.2. The molecule has 1 unspecified atom stereocenters. The first-order chi connectivity index (χ1) is 13.5. The molecular weight excluding hydrogens is 362 g/mol. The lowest BCUT2D eigenvalue weighted by molar-refractivity contribution is -0.122. The molecule has 0 radical (unpaired) electrons. The normalized spacial score (nSPS) is 17.5. The van der Waals surface area contributed by atoms with Crippen molar-refractivity contribution in [2.24, 2.45) is 7.05 Å². The first kappa shape index (κ1) is 19.9. The van der Waals surface area contributed by atoms with Crippen molar-refractivity contribution in [2.75, 3.05) is 19.7 Å². The van der Waals surface area contributed by atoms with E-state index in [0.717, 1.165) is 31.0 Å². The number of aromatic nitrogens is 6. The second kappa shape index (κ2) is 8.89. The predicted molar refractivity (Wildman–Crippen MR) is 102 cm³/mol. The first-order valence-corrected chi connectivity index (χ1v) is 9.15. The molecule has 0 amide bonds. The van der Waals surface area contributed by atoms with Crippen LogP contribution >= 0.6 is 0 Å². The molecule has 10 nitrogen and oxygen atoms in total. The highest BCUT2D eigenvalue weighted by molar-refractivity contribution is 5.76. The molecule has 150 valence electrons. The summed E-state index contributed by atoms with van der Waals surface area (Å²) in [6.07, 6.45) is -0.140. The third-order valence-electron chi connectivity index (χ3n) is 4.51. The van der Waals surface area contributed by atoms with E-state index in [-0.39, 0.29) is 12.6 Å². The summed E-state index contributed by atoms with van der Waals surface area (Å²) in [7, 11) is 1.77. The lowest BCUT2D eigenvalue weighted by Gasteiger charge is -2.31. The van der Waals surface area contributed by atoms with Gasteiger partial charge in [0.25, 0.3) is 6.47 Å². The molecule has 1 atom stereocenters. The van der Waals surface area contributed by atoms with Crippen LogP contribution in [0.3, 0.4) is 0 Å². The van der Waals surface area contributed by atoms with Crippen LogP contribution in [0.5, 0.6) is 0 Å². The summed E-state index contributed by atoms with van der Waals surface area (Å²) in [5.41, 5.74) is 2.24. The quantitative estimate of drug-likeness (QED) is 0.669. The summed E-state index contributed by atoms with van der Waals surface area (Å²) >= 11 is 0. The van der Waals surface area contributed by atoms with Crippen LogP contribution in [0.4, 0.5) is 0 Å². The van der Waals surface area contributed by atoms with Crippen LogP contribution in [0, 0.1) is 0 Å². The highest BCUT2D eigenvalue weighted by Crippen LogP contribution is 2.24. The number of hydrogen-bond acceptors (Lipinski definition) is 7. The second-order valence-electron chi connectivity index (χ2n) is 6.82. The monoisotopic (exact) mass is 387 g/mol. The minimum Gasteiger partial charge on any atom is -0.483 e. The molecule has 3 aromatic rings. The number of hydrogen-bond donors (Lipinski definition) is 1. The molecule has 1 N–H and O–H groups in total. The van der Waals surface area contributed by atoms with E-state index in [1.807, 2.05) is 6.07 Å². The van der Waals surface area contributed by atoms with Crippen LogP contribution in [0.15, 0.2) is 24.3 Å². The van der Waals surface area contributed by atoms with Crippen LogP contribution in [-0.2, 0) is 23.1 Å². The van der Waals surface area contributed by atoms with E-state index in [9.17, 15) is 0 Å². The number of benzene rings is 1. The molecule has 3 heterocycles. The summed E-state index contributed by atoms with van der Waals surface area (Å²) < 4.78 is 8.15. The van der Waals surface area contributed by atoms with Gasteiger partial charge in [0, 0.05) is 19.1 Å². The number of fused-ring (bicyclic) bond motifs is 1. The van der Waals surface area contributed by atoms with Gasteiger partial charge in [-0.15, -0.1) is 10.2 Å². The second-order valence-corrected chi connectivity index (χ2v) is 6.82. The Morgan fingerprint density at radius 2 is 2.11 bits per heavy atom. The van der Waals surface area contributed by atoms with E-state index < -0.39 is 0 Å². The van der Waals surface area contributed by atoms with Crippen molar-refractivity contribution < 1.29 is 14.6 Å². The number of para-hydroxylation sites is 2. The van der Waals surface area contributed by atoms with Crippen molar-refractivity contribution >= 4 is 17.5 Å². The maximum absolute atomic E-state index is 8.36. The van der Waals surface area contributed by atoms with Gasteiger partial charge in [0.2, 0.25) is 5.82 Å². The molecule has 1 aromatic carbocycles. The fraction of sp³-hybridized carbons (Fsp3) is 0.500. The van der Waals surface area contributed by atoms with Gasteiger partial charge in [-0.2, -0.15) is 4.80 Å². The van der Waals surface area contributed by atoms with Gasteiger partial charge in [-0.1, -0.05) is 12.1 Å². The Kier molecular flexibility index (Phi) is 6.32. The molecule has 0 bridgehead atoms. The van der Waals surface area contributed by atoms with Crippen molar-refractivity contribution in [2.45, 2.75) is 32.5 Å². The van der Waals surface area contributed by atoms with E-state index in [4.69, 9.17) is 19.6 Å². The zero-order valence-corrected chi connectivity index (χ0v) is 16.3. The fourth-order valence-electron chi connectivity index (χ4n) is 3.41. The Morgan fingerprint density at radius 1 is 1.36 bits per heavy atom. The van der Waals surface area contributed by atoms with Crippen molar-refractivity contribution in [1.82, 2.24) is 34.7 Å². The van der Waals surface area contributed by atoms with Gasteiger partial charge in [-0.05, 0) is 31.2 Å². The zero-order valence-electron chi connectivity index (χ0n) is 16.3. The molecule has 1 fully saturated rings. The number of aryl methyl sites for hydroxylation is 1. The van der Waals surface area contributed by atoms with E-state index in [2.05, 4.69) is 56.9 Å². The Bertz CT molecular complexity index is 921. The molecule has 2 aromatic heterocycles. The van der Waals surface area contributed by atoms with Gasteiger partial charge in [0.1, 0.15) is 11.9 Å². The average molecular weight is 387 g/mol. The highest BCUT2D eigenvalue weighted by Gasteiger charge is 2.27. The zero-order chi connectivity index (χ0) is 20.1. The topological polar surface area (TPSA) is 111 Å². The SMILES string of the molecule is CC(C)n1c(CN2CCOC(c3nnn(C)n3)C2)nc2ccccc21.O=CO. The molecule has 0 aliphatic carbocycles.